The highest BCUT2D eigenvalue weighted by molar-refractivity contribution is 6.47. The van der Waals surface area contributed by atoms with E-state index in [0.717, 1.165) is 0 Å². The van der Waals surface area contributed by atoms with E-state index in [1.807, 2.05) is 0 Å². The van der Waals surface area contributed by atoms with Crippen molar-refractivity contribution in [2.75, 3.05) is 19.5 Å². The average Bonchev–Trinajstić information content (AvgIpc) is 2.82. The van der Waals surface area contributed by atoms with Crippen molar-refractivity contribution in [2.24, 2.45) is 0 Å². The van der Waals surface area contributed by atoms with Crippen LogP contribution in [0.25, 0.3) is 0 Å². The summed E-state index contributed by atoms with van der Waals surface area (Å²) in [4.78, 5) is 39.2. The Kier molecular flexibility index (Phi) is 7.51. The molecule has 0 saturated carbocycles. The van der Waals surface area contributed by atoms with Gasteiger partial charge in [0.1, 0.15) is 17.4 Å². The molecule has 8 heteroatoms. The number of ether oxygens (including phenoxy) is 2. The molecule has 1 amide bonds. The predicted octanol–water partition coefficient (Wildman–Crippen LogP) is 5.18. The first-order valence-corrected chi connectivity index (χ1v) is 10.2. The van der Waals surface area contributed by atoms with Gasteiger partial charge in [-0.3, -0.25) is 14.4 Å². The number of halogens is 2. The predicted molar refractivity (Wildman–Crippen MR) is 123 cm³/mol. The number of carbonyl (C=O) groups excluding carboxylic acids is 3. The number of hydrogen-bond donors (Lipinski definition) is 1. The number of anilines is 1. The maximum absolute atomic E-state index is 13.3. The zero-order valence-electron chi connectivity index (χ0n) is 17.2. The first-order valence-electron chi connectivity index (χ1n) is 9.46. The molecule has 0 bridgehead atoms. The van der Waals surface area contributed by atoms with Crippen molar-refractivity contribution in [1.29, 1.82) is 0 Å². The van der Waals surface area contributed by atoms with E-state index in [0.29, 0.717) is 22.1 Å². The summed E-state index contributed by atoms with van der Waals surface area (Å²) in [7, 11) is 3.01. The van der Waals surface area contributed by atoms with Crippen LogP contribution in [0.3, 0.4) is 0 Å². The lowest BCUT2D eigenvalue weighted by Gasteiger charge is -2.16. The van der Waals surface area contributed by atoms with E-state index in [9.17, 15) is 14.4 Å². The Bertz CT molecular complexity index is 1140. The average molecular weight is 472 g/mol. The Hall–Kier alpha value is -3.35. The minimum atomic E-state index is -1.35. The van der Waals surface area contributed by atoms with Gasteiger partial charge < -0.3 is 14.8 Å². The first-order chi connectivity index (χ1) is 15.3. The molecule has 0 radical (unpaired) electrons. The van der Waals surface area contributed by atoms with Crippen LogP contribution >= 0.6 is 23.2 Å². The lowest BCUT2D eigenvalue weighted by molar-refractivity contribution is -0.135. The van der Waals surface area contributed by atoms with E-state index in [2.05, 4.69) is 5.32 Å². The van der Waals surface area contributed by atoms with Gasteiger partial charge in [-0.2, -0.15) is 0 Å². The number of hydrogen-bond acceptors (Lipinski definition) is 5. The highest BCUT2D eigenvalue weighted by atomic mass is 35.5. The molecule has 0 aromatic heterocycles. The molecule has 0 fully saturated rings. The van der Waals surface area contributed by atoms with E-state index < -0.39 is 23.4 Å². The van der Waals surface area contributed by atoms with Crippen LogP contribution in [0, 0.1) is 0 Å². The standard InChI is InChI=1S/C24H19Cl2NO5/c1-31-17-8-3-14(4-9-17)21(22(28)15-5-10-18(32-2)11-6-15)23(29)24(30)27-16-7-12-19(25)20(26)13-16/h3-13,21H,1-2H3,(H,27,30). The van der Waals surface area contributed by atoms with Gasteiger partial charge in [-0.25, -0.2) is 0 Å². The second-order valence-corrected chi connectivity index (χ2v) is 7.56. The van der Waals surface area contributed by atoms with E-state index in [1.54, 1.807) is 48.5 Å². The van der Waals surface area contributed by atoms with Gasteiger partial charge in [-0.1, -0.05) is 35.3 Å². The van der Waals surface area contributed by atoms with Gasteiger partial charge in [-0.15, -0.1) is 0 Å². The number of Topliss-reactive ketones (excluding diaryl/α,β-unsaturated/α-hetero) is 2. The molecule has 32 heavy (non-hydrogen) atoms. The lowest BCUT2D eigenvalue weighted by Crippen LogP contribution is -2.32. The molecule has 1 atom stereocenters. The molecule has 0 heterocycles. The van der Waals surface area contributed by atoms with Crippen LogP contribution in [0.4, 0.5) is 5.69 Å². The van der Waals surface area contributed by atoms with Gasteiger partial charge >= 0.3 is 0 Å². The number of benzene rings is 3. The largest absolute Gasteiger partial charge is 0.497 e. The number of nitrogens with one attached hydrogen (secondary N) is 1. The molecule has 0 aliphatic rings. The van der Waals surface area contributed by atoms with Crippen molar-refractivity contribution in [3.8, 4) is 11.5 Å². The van der Waals surface area contributed by atoms with E-state index in [4.69, 9.17) is 32.7 Å². The van der Waals surface area contributed by atoms with Crippen molar-refractivity contribution < 1.29 is 23.9 Å². The fourth-order valence-electron chi connectivity index (χ4n) is 3.04. The lowest BCUT2D eigenvalue weighted by atomic mass is 9.86. The SMILES string of the molecule is COc1ccc(C(=O)C(C(=O)C(=O)Nc2ccc(Cl)c(Cl)c2)c2ccc(OC)cc2)cc1. The second kappa shape index (κ2) is 10.3. The maximum Gasteiger partial charge on any atom is 0.292 e. The first kappa shape index (κ1) is 23.3. The minimum absolute atomic E-state index is 0.220. The molecule has 1 N–H and O–H groups in total. The molecule has 3 aromatic carbocycles. The summed E-state index contributed by atoms with van der Waals surface area (Å²) in [6.07, 6.45) is 0. The Balaban J connectivity index is 1.94. The van der Waals surface area contributed by atoms with E-state index in [-0.39, 0.29) is 16.3 Å². The Labute approximate surface area is 195 Å². The van der Waals surface area contributed by atoms with E-state index >= 15 is 0 Å². The molecular weight excluding hydrogens is 453 g/mol. The number of amides is 1. The van der Waals surface area contributed by atoms with Crippen LogP contribution in [0.5, 0.6) is 11.5 Å². The van der Waals surface area contributed by atoms with E-state index in [1.165, 1.54) is 32.4 Å². The summed E-state index contributed by atoms with van der Waals surface area (Å²) < 4.78 is 10.3. The van der Waals surface area contributed by atoms with Crippen LogP contribution in [0.2, 0.25) is 10.0 Å². The Morgan fingerprint density at radius 2 is 1.34 bits per heavy atom. The fourth-order valence-corrected chi connectivity index (χ4v) is 3.34. The highest BCUT2D eigenvalue weighted by Gasteiger charge is 2.34. The molecule has 0 saturated heterocycles. The number of rotatable bonds is 8. The normalized spacial score (nSPS) is 11.4. The van der Waals surface area contributed by atoms with Crippen molar-refractivity contribution in [3.05, 3.63) is 87.9 Å². The van der Waals surface area contributed by atoms with Crippen molar-refractivity contribution in [1.82, 2.24) is 0 Å². The minimum Gasteiger partial charge on any atom is -0.497 e. The summed E-state index contributed by atoms with van der Waals surface area (Å²) in [5, 5.41) is 3.01. The van der Waals surface area contributed by atoms with Crippen molar-refractivity contribution in [2.45, 2.75) is 5.92 Å². The zero-order valence-corrected chi connectivity index (χ0v) is 18.7. The molecule has 0 aliphatic heterocycles. The van der Waals surface area contributed by atoms with Crippen molar-refractivity contribution in [3.63, 3.8) is 0 Å². The molecule has 6 nitrogen and oxygen atoms in total. The Morgan fingerprint density at radius 1 is 0.781 bits per heavy atom. The molecule has 3 rings (SSSR count). The summed E-state index contributed by atoms with van der Waals surface area (Å²) in [6.45, 7) is 0. The number of carbonyl (C=O) groups is 3. The van der Waals surface area contributed by atoms with Gasteiger partial charge in [-0.05, 0) is 60.2 Å². The van der Waals surface area contributed by atoms with Gasteiger partial charge in [0.2, 0.25) is 5.78 Å². The van der Waals surface area contributed by atoms with Gasteiger partial charge in [0.25, 0.3) is 5.91 Å². The summed E-state index contributed by atoms with van der Waals surface area (Å²) in [5.74, 6) is -2.62. The monoisotopic (exact) mass is 471 g/mol. The second-order valence-electron chi connectivity index (χ2n) is 6.75. The van der Waals surface area contributed by atoms with Crippen molar-refractivity contribution >= 4 is 46.4 Å². The van der Waals surface area contributed by atoms with Gasteiger partial charge in [0.05, 0.1) is 24.3 Å². The topological polar surface area (TPSA) is 81.7 Å². The molecule has 0 aliphatic carbocycles. The molecular formula is C24H19Cl2NO5. The zero-order chi connectivity index (χ0) is 23.3. The highest BCUT2D eigenvalue weighted by Crippen LogP contribution is 2.28. The third-order valence-electron chi connectivity index (χ3n) is 4.75. The summed E-state index contributed by atoms with van der Waals surface area (Å²) in [6, 6.07) is 17.1. The van der Waals surface area contributed by atoms with Gasteiger partial charge in [0.15, 0.2) is 5.78 Å². The maximum atomic E-state index is 13.3. The quantitative estimate of drug-likeness (QED) is 0.278. The molecule has 3 aromatic rings. The molecule has 1 unspecified atom stereocenters. The van der Waals surface area contributed by atoms with Crippen LogP contribution in [0.1, 0.15) is 21.8 Å². The number of ketones is 2. The van der Waals surface area contributed by atoms with Crippen LogP contribution in [0.15, 0.2) is 66.7 Å². The Morgan fingerprint density at radius 3 is 1.88 bits per heavy atom. The van der Waals surface area contributed by atoms with Crippen LogP contribution < -0.4 is 14.8 Å². The summed E-state index contributed by atoms with van der Waals surface area (Å²) in [5.41, 5.74) is 0.909. The summed E-state index contributed by atoms with van der Waals surface area (Å²) >= 11 is 11.9. The fraction of sp³-hybridized carbons (Fsp3) is 0.125. The smallest absolute Gasteiger partial charge is 0.292 e. The third kappa shape index (κ3) is 5.28. The van der Waals surface area contributed by atoms with Crippen LogP contribution in [-0.4, -0.2) is 31.7 Å². The molecule has 0 spiro atoms. The number of methoxy groups -OCH3 is 2. The van der Waals surface area contributed by atoms with Crippen LogP contribution in [-0.2, 0) is 9.59 Å². The van der Waals surface area contributed by atoms with Gasteiger partial charge in [0, 0.05) is 11.3 Å². The third-order valence-corrected chi connectivity index (χ3v) is 5.49. The molecule has 164 valence electrons.